The summed E-state index contributed by atoms with van der Waals surface area (Å²) in [4.78, 5) is 13.8. The molecule has 0 aromatic heterocycles. The maximum absolute atomic E-state index is 11.3. The highest BCUT2D eigenvalue weighted by atomic mass is 16.1. The molecule has 0 heterocycles. The number of carbonyl (C=O) groups excluding carboxylic acids is 1. The zero-order valence-electron chi connectivity index (χ0n) is 12.0. The largest absolute Gasteiger partial charge is 0.368 e. The van der Waals surface area contributed by atoms with Crippen LogP contribution in [0.15, 0.2) is 0 Å². The first kappa shape index (κ1) is 16.4. The molecule has 0 fully saturated rings. The zero-order valence-corrected chi connectivity index (χ0v) is 12.0. The lowest BCUT2D eigenvalue weighted by molar-refractivity contribution is -0.123. The van der Waals surface area contributed by atoms with Crippen molar-refractivity contribution in [3.63, 3.8) is 0 Å². The van der Waals surface area contributed by atoms with Crippen molar-refractivity contribution in [2.24, 2.45) is 5.73 Å². The molecule has 102 valence electrons. The molecule has 2 atom stereocenters. The van der Waals surface area contributed by atoms with E-state index in [1.807, 2.05) is 6.92 Å². The van der Waals surface area contributed by atoms with E-state index in [0.29, 0.717) is 6.04 Å². The normalized spacial score (nSPS) is 16.8. The minimum absolute atomic E-state index is 0.272. The van der Waals surface area contributed by atoms with Crippen LogP contribution in [0.2, 0.25) is 0 Å². The Hall–Kier alpha value is -0.610. The van der Waals surface area contributed by atoms with Gasteiger partial charge in [0.05, 0.1) is 5.54 Å². The molecule has 0 aromatic rings. The second-order valence-corrected chi connectivity index (χ2v) is 4.94. The van der Waals surface area contributed by atoms with Gasteiger partial charge in [0.1, 0.15) is 0 Å². The lowest BCUT2D eigenvalue weighted by Gasteiger charge is -2.30. The van der Waals surface area contributed by atoms with Crippen LogP contribution in [0.25, 0.3) is 0 Å². The second kappa shape index (κ2) is 7.67. The molecule has 4 nitrogen and oxygen atoms in total. The molecule has 17 heavy (non-hydrogen) atoms. The summed E-state index contributed by atoms with van der Waals surface area (Å²) in [6, 6.07) is 0.606. The number of rotatable bonds is 9. The van der Waals surface area contributed by atoms with Crippen LogP contribution < -0.4 is 11.1 Å². The minimum atomic E-state index is -0.575. The third-order valence-corrected chi connectivity index (χ3v) is 3.84. The van der Waals surface area contributed by atoms with E-state index in [0.717, 1.165) is 32.4 Å². The average Bonchev–Trinajstić information content (AvgIpc) is 2.33. The van der Waals surface area contributed by atoms with Gasteiger partial charge in [-0.2, -0.15) is 0 Å². The van der Waals surface area contributed by atoms with Gasteiger partial charge in [0, 0.05) is 6.04 Å². The molecule has 0 bridgehead atoms. The Morgan fingerprint density at radius 2 is 2.06 bits per heavy atom. The molecule has 0 saturated carbocycles. The van der Waals surface area contributed by atoms with E-state index in [-0.39, 0.29) is 5.91 Å². The smallest absolute Gasteiger partial charge is 0.237 e. The van der Waals surface area contributed by atoms with Gasteiger partial charge in [0.25, 0.3) is 0 Å². The first-order valence-corrected chi connectivity index (χ1v) is 6.64. The number of likely N-dealkylation sites (N-methyl/N-ethyl adjacent to an activating group) is 1. The average molecular weight is 243 g/mol. The topological polar surface area (TPSA) is 58.4 Å². The number of nitrogens with one attached hydrogen (secondary N) is 1. The number of primary amides is 1. The van der Waals surface area contributed by atoms with Gasteiger partial charge >= 0.3 is 0 Å². The Morgan fingerprint density at radius 1 is 1.47 bits per heavy atom. The fourth-order valence-electron chi connectivity index (χ4n) is 1.96. The maximum Gasteiger partial charge on any atom is 0.237 e. The van der Waals surface area contributed by atoms with Gasteiger partial charge in [0.2, 0.25) is 5.91 Å². The number of carbonyl (C=O) groups is 1. The summed E-state index contributed by atoms with van der Waals surface area (Å²) in [7, 11) is 1.79. The quantitative estimate of drug-likeness (QED) is 0.643. The lowest BCUT2D eigenvalue weighted by atomic mass is 9.95. The fourth-order valence-corrected chi connectivity index (χ4v) is 1.96. The van der Waals surface area contributed by atoms with E-state index in [9.17, 15) is 4.79 Å². The molecule has 0 rings (SSSR count). The Kier molecular flexibility index (Phi) is 7.39. The van der Waals surface area contributed by atoms with Crippen molar-refractivity contribution in [3.8, 4) is 0 Å². The summed E-state index contributed by atoms with van der Waals surface area (Å²) in [6.45, 7) is 10.6. The van der Waals surface area contributed by atoms with E-state index in [1.165, 1.54) is 0 Å². The van der Waals surface area contributed by atoms with Crippen molar-refractivity contribution in [2.45, 2.75) is 58.5 Å². The molecule has 1 amide bonds. The van der Waals surface area contributed by atoms with Gasteiger partial charge in [-0.15, -0.1) is 0 Å². The summed E-state index contributed by atoms with van der Waals surface area (Å²) in [6.07, 6.45) is 2.93. The first-order chi connectivity index (χ1) is 7.91. The summed E-state index contributed by atoms with van der Waals surface area (Å²) in [5, 5.41) is 3.02. The molecule has 3 N–H and O–H groups in total. The van der Waals surface area contributed by atoms with Gasteiger partial charge in [-0.1, -0.05) is 13.8 Å². The zero-order chi connectivity index (χ0) is 13.5. The molecule has 0 radical (unpaired) electrons. The van der Waals surface area contributed by atoms with E-state index in [4.69, 9.17) is 5.73 Å². The molecule has 4 heteroatoms. The van der Waals surface area contributed by atoms with Crippen LogP contribution in [0.4, 0.5) is 0 Å². The predicted molar refractivity (Wildman–Crippen MR) is 72.9 cm³/mol. The second-order valence-electron chi connectivity index (χ2n) is 4.94. The highest BCUT2D eigenvalue weighted by Crippen LogP contribution is 2.13. The van der Waals surface area contributed by atoms with E-state index in [2.05, 4.69) is 31.0 Å². The number of hydrogen-bond acceptors (Lipinski definition) is 3. The predicted octanol–water partition coefficient (Wildman–Crippen LogP) is 1.35. The number of amides is 1. The molecule has 0 spiro atoms. The van der Waals surface area contributed by atoms with Crippen molar-refractivity contribution < 1.29 is 4.79 Å². The number of nitrogens with two attached hydrogens (primary N) is 1. The van der Waals surface area contributed by atoms with E-state index in [1.54, 1.807) is 7.05 Å². The molecule has 0 aliphatic heterocycles. The third kappa shape index (κ3) is 5.04. The van der Waals surface area contributed by atoms with Crippen molar-refractivity contribution >= 4 is 5.91 Å². The SMILES string of the molecule is CCC(C)N(CC)CCCC(C)(NC)C(N)=O. The third-order valence-electron chi connectivity index (χ3n) is 3.84. The summed E-state index contributed by atoms with van der Waals surface area (Å²) in [5.41, 5.74) is 4.83. The summed E-state index contributed by atoms with van der Waals surface area (Å²) >= 11 is 0. The van der Waals surface area contributed by atoms with Gasteiger partial charge in [0.15, 0.2) is 0 Å². The van der Waals surface area contributed by atoms with Crippen LogP contribution >= 0.6 is 0 Å². The van der Waals surface area contributed by atoms with E-state index >= 15 is 0 Å². The van der Waals surface area contributed by atoms with Crippen molar-refractivity contribution in [1.82, 2.24) is 10.2 Å². The molecule has 2 unspecified atom stereocenters. The van der Waals surface area contributed by atoms with Crippen LogP contribution in [0.3, 0.4) is 0 Å². The van der Waals surface area contributed by atoms with Crippen molar-refractivity contribution in [3.05, 3.63) is 0 Å². The monoisotopic (exact) mass is 243 g/mol. The van der Waals surface area contributed by atoms with Gasteiger partial charge in [-0.3, -0.25) is 4.79 Å². The van der Waals surface area contributed by atoms with Crippen LogP contribution in [-0.2, 0) is 4.79 Å². The van der Waals surface area contributed by atoms with Crippen LogP contribution in [0, 0.1) is 0 Å². The van der Waals surface area contributed by atoms with Gasteiger partial charge < -0.3 is 16.0 Å². The number of hydrogen-bond donors (Lipinski definition) is 2. The van der Waals surface area contributed by atoms with Crippen molar-refractivity contribution in [2.75, 3.05) is 20.1 Å². The first-order valence-electron chi connectivity index (χ1n) is 6.64. The summed E-state index contributed by atoms with van der Waals surface area (Å²) < 4.78 is 0. The van der Waals surface area contributed by atoms with E-state index < -0.39 is 5.54 Å². The molecular weight excluding hydrogens is 214 g/mol. The fraction of sp³-hybridized carbons (Fsp3) is 0.923. The summed E-state index contributed by atoms with van der Waals surface area (Å²) in [5.74, 6) is -0.272. The number of nitrogens with zero attached hydrogens (tertiary/aromatic N) is 1. The standard InChI is InChI=1S/C13H29N3O/c1-6-11(3)16(7-2)10-8-9-13(4,15-5)12(14)17/h11,15H,6-10H2,1-5H3,(H2,14,17). The molecule has 0 aliphatic carbocycles. The van der Waals surface area contributed by atoms with Gasteiger partial charge in [-0.05, 0) is 53.2 Å². The molecule has 0 aromatic carbocycles. The molecular formula is C13H29N3O. The molecule has 0 saturated heterocycles. The Bertz CT molecular complexity index is 233. The van der Waals surface area contributed by atoms with Crippen LogP contribution in [-0.4, -0.2) is 42.5 Å². The minimum Gasteiger partial charge on any atom is -0.368 e. The highest BCUT2D eigenvalue weighted by Gasteiger charge is 2.28. The van der Waals surface area contributed by atoms with Crippen molar-refractivity contribution in [1.29, 1.82) is 0 Å². The molecule has 0 aliphatic rings. The Balaban J connectivity index is 4.15. The maximum atomic E-state index is 11.3. The lowest BCUT2D eigenvalue weighted by Crippen LogP contribution is -2.51. The Morgan fingerprint density at radius 3 is 2.41 bits per heavy atom. The Labute approximate surface area is 106 Å². The highest BCUT2D eigenvalue weighted by molar-refractivity contribution is 5.84. The van der Waals surface area contributed by atoms with Crippen LogP contribution in [0.5, 0.6) is 0 Å². The van der Waals surface area contributed by atoms with Gasteiger partial charge in [-0.25, -0.2) is 0 Å². The van der Waals surface area contributed by atoms with Crippen LogP contribution in [0.1, 0.15) is 47.0 Å².